The van der Waals surface area contributed by atoms with Gasteiger partial charge in [-0.15, -0.1) is 0 Å². The lowest BCUT2D eigenvalue weighted by Gasteiger charge is -2.29. The van der Waals surface area contributed by atoms with E-state index in [1.807, 2.05) is 6.92 Å². The zero-order valence-corrected chi connectivity index (χ0v) is 11.0. The van der Waals surface area contributed by atoms with Gasteiger partial charge in [-0.05, 0) is 25.3 Å². The third-order valence-corrected chi connectivity index (χ3v) is 3.58. The lowest BCUT2D eigenvalue weighted by atomic mass is 9.82. The van der Waals surface area contributed by atoms with E-state index in [4.69, 9.17) is 10.3 Å². The highest BCUT2D eigenvalue weighted by molar-refractivity contribution is 5.41. The van der Waals surface area contributed by atoms with Gasteiger partial charge in [0.05, 0.1) is 5.54 Å². The minimum atomic E-state index is -0.478. The fourth-order valence-electron chi connectivity index (χ4n) is 2.42. The van der Waals surface area contributed by atoms with Gasteiger partial charge >= 0.3 is 0 Å². The molecule has 1 saturated carbocycles. The molecule has 6 nitrogen and oxygen atoms in total. The fourth-order valence-corrected chi connectivity index (χ4v) is 2.42. The van der Waals surface area contributed by atoms with Crippen LogP contribution in [0.4, 0.5) is 0 Å². The summed E-state index contributed by atoms with van der Waals surface area (Å²) in [5.41, 5.74) is 6.88. The Balaban J connectivity index is 1.88. The van der Waals surface area contributed by atoms with Gasteiger partial charge in [-0.3, -0.25) is 0 Å². The molecule has 0 bridgehead atoms. The maximum absolute atomic E-state index is 6.36. The SMILES string of the molecule is Cc1cnc(-c2noc(C3(N)CCCCC3)n2)nc1. The molecule has 0 aliphatic heterocycles. The maximum Gasteiger partial charge on any atom is 0.247 e. The standard InChI is InChI=1S/C13H17N5O/c1-9-7-15-10(16-8-9)11-17-12(19-18-11)13(14)5-3-2-4-6-13/h7-8H,2-6,14H2,1H3. The molecule has 0 amide bonds. The number of hydrogen-bond acceptors (Lipinski definition) is 6. The first-order chi connectivity index (χ1) is 9.17. The quantitative estimate of drug-likeness (QED) is 0.886. The molecule has 3 rings (SSSR count). The summed E-state index contributed by atoms with van der Waals surface area (Å²) in [6, 6.07) is 0. The molecule has 0 unspecified atom stereocenters. The van der Waals surface area contributed by atoms with Crippen molar-refractivity contribution < 1.29 is 4.52 Å². The molecule has 0 radical (unpaired) electrons. The van der Waals surface area contributed by atoms with E-state index in [1.54, 1.807) is 12.4 Å². The topological polar surface area (TPSA) is 90.7 Å². The van der Waals surface area contributed by atoms with Crippen molar-refractivity contribution in [1.29, 1.82) is 0 Å². The summed E-state index contributed by atoms with van der Waals surface area (Å²) in [6.45, 7) is 1.93. The Bertz CT molecular complexity index is 557. The molecule has 1 aliphatic rings. The van der Waals surface area contributed by atoms with Gasteiger partial charge in [-0.1, -0.05) is 24.4 Å². The summed E-state index contributed by atoms with van der Waals surface area (Å²) in [5, 5.41) is 3.95. The number of aromatic nitrogens is 4. The van der Waals surface area contributed by atoms with Crippen LogP contribution in [0, 0.1) is 6.92 Å². The van der Waals surface area contributed by atoms with Crippen molar-refractivity contribution in [2.24, 2.45) is 5.73 Å². The molecule has 2 aromatic heterocycles. The van der Waals surface area contributed by atoms with Crippen molar-refractivity contribution in [3.8, 4) is 11.6 Å². The van der Waals surface area contributed by atoms with Crippen molar-refractivity contribution in [3.05, 3.63) is 23.8 Å². The van der Waals surface area contributed by atoms with Crippen molar-refractivity contribution in [2.45, 2.75) is 44.6 Å². The average Bonchev–Trinajstić information content (AvgIpc) is 2.91. The van der Waals surface area contributed by atoms with Crippen LogP contribution in [0.25, 0.3) is 11.6 Å². The van der Waals surface area contributed by atoms with Gasteiger partial charge in [0.2, 0.25) is 17.5 Å². The van der Waals surface area contributed by atoms with Gasteiger partial charge in [-0.2, -0.15) is 4.98 Å². The molecule has 0 saturated heterocycles. The molecule has 19 heavy (non-hydrogen) atoms. The summed E-state index contributed by atoms with van der Waals surface area (Å²) in [5.74, 6) is 1.39. The van der Waals surface area contributed by atoms with Crippen LogP contribution >= 0.6 is 0 Å². The molecule has 0 aromatic carbocycles. The number of aryl methyl sites for hydroxylation is 1. The molecule has 1 aliphatic carbocycles. The van der Waals surface area contributed by atoms with Gasteiger partial charge < -0.3 is 10.3 Å². The van der Waals surface area contributed by atoms with E-state index in [-0.39, 0.29) is 0 Å². The Morgan fingerprint density at radius 2 is 1.79 bits per heavy atom. The Morgan fingerprint density at radius 1 is 1.11 bits per heavy atom. The van der Waals surface area contributed by atoms with Gasteiger partial charge in [0.1, 0.15) is 0 Å². The molecule has 100 valence electrons. The zero-order valence-electron chi connectivity index (χ0n) is 11.0. The number of hydrogen-bond donors (Lipinski definition) is 1. The van der Waals surface area contributed by atoms with Crippen LogP contribution in [0.2, 0.25) is 0 Å². The molecule has 2 N–H and O–H groups in total. The largest absolute Gasteiger partial charge is 0.337 e. The van der Waals surface area contributed by atoms with E-state index < -0.39 is 5.54 Å². The van der Waals surface area contributed by atoms with E-state index in [9.17, 15) is 0 Å². The third-order valence-electron chi connectivity index (χ3n) is 3.58. The second-order valence-corrected chi connectivity index (χ2v) is 5.22. The van der Waals surface area contributed by atoms with Crippen molar-refractivity contribution in [1.82, 2.24) is 20.1 Å². The zero-order chi connectivity index (χ0) is 13.3. The maximum atomic E-state index is 6.36. The second-order valence-electron chi connectivity index (χ2n) is 5.22. The monoisotopic (exact) mass is 259 g/mol. The second kappa shape index (κ2) is 4.70. The van der Waals surface area contributed by atoms with E-state index >= 15 is 0 Å². The lowest BCUT2D eigenvalue weighted by Crippen LogP contribution is -2.38. The normalized spacial score (nSPS) is 18.4. The Hall–Kier alpha value is -1.82. The minimum Gasteiger partial charge on any atom is -0.337 e. The Morgan fingerprint density at radius 3 is 2.47 bits per heavy atom. The molecular weight excluding hydrogens is 242 g/mol. The minimum absolute atomic E-state index is 0.408. The van der Waals surface area contributed by atoms with E-state index in [2.05, 4.69) is 20.1 Å². The molecule has 1 fully saturated rings. The molecule has 2 aromatic rings. The molecular formula is C13H17N5O. The van der Waals surface area contributed by atoms with E-state index in [0.717, 1.165) is 31.2 Å². The highest BCUT2D eigenvalue weighted by atomic mass is 16.5. The van der Waals surface area contributed by atoms with E-state index in [0.29, 0.717) is 17.5 Å². The molecule has 0 atom stereocenters. The van der Waals surface area contributed by atoms with Crippen LogP contribution in [-0.2, 0) is 5.54 Å². The molecule has 6 heteroatoms. The first kappa shape index (κ1) is 12.2. The van der Waals surface area contributed by atoms with Crippen LogP contribution in [0.5, 0.6) is 0 Å². The summed E-state index contributed by atoms with van der Waals surface area (Å²) in [7, 11) is 0. The Labute approximate surface area is 111 Å². The molecule has 0 spiro atoms. The Kier molecular flexibility index (Phi) is 3.02. The van der Waals surface area contributed by atoms with E-state index in [1.165, 1.54) is 6.42 Å². The number of nitrogens with zero attached hydrogens (tertiary/aromatic N) is 4. The number of nitrogens with two attached hydrogens (primary N) is 1. The molecule has 2 heterocycles. The van der Waals surface area contributed by atoms with Gasteiger partial charge in [0, 0.05) is 12.4 Å². The first-order valence-corrected chi connectivity index (χ1v) is 6.59. The van der Waals surface area contributed by atoms with Gasteiger partial charge in [0.25, 0.3) is 0 Å². The fraction of sp³-hybridized carbons (Fsp3) is 0.538. The summed E-state index contributed by atoms with van der Waals surface area (Å²) in [4.78, 5) is 12.8. The van der Waals surface area contributed by atoms with Gasteiger partial charge in [0.15, 0.2) is 0 Å². The summed E-state index contributed by atoms with van der Waals surface area (Å²) < 4.78 is 5.33. The van der Waals surface area contributed by atoms with Crippen LogP contribution in [0.1, 0.15) is 43.6 Å². The predicted octanol–water partition coefficient (Wildman–Crippen LogP) is 1.95. The highest BCUT2D eigenvalue weighted by Crippen LogP contribution is 2.34. The van der Waals surface area contributed by atoms with Crippen molar-refractivity contribution in [2.75, 3.05) is 0 Å². The summed E-state index contributed by atoms with van der Waals surface area (Å²) >= 11 is 0. The summed E-state index contributed by atoms with van der Waals surface area (Å²) in [6.07, 6.45) is 8.69. The van der Waals surface area contributed by atoms with Crippen LogP contribution in [-0.4, -0.2) is 20.1 Å². The highest BCUT2D eigenvalue weighted by Gasteiger charge is 2.35. The van der Waals surface area contributed by atoms with Crippen LogP contribution < -0.4 is 5.73 Å². The predicted molar refractivity (Wildman–Crippen MR) is 69.0 cm³/mol. The third kappa shape index (κ3) is 2.35. The number of rotatable bonds is 2. The van der Waals surface area contributed by atoms with Gasteiger partial charge in [-0.25, -0.2) is 9.97 Å². The smallest absolute Gasteiger partial charge is 0.247 e. The van der Waals surface area contributed by atoms with Crippen molar-refractivity contribution in [3.63, 3.8) is 0 Å². The first-order valence-electron chi connectivity index (χ1n) is 6.59. The average molecular weight is 259 g/mol. The van der Waals surface area contributed by atoms with Crippen molar-refractivity contribution >= 4 is 0 Å². The lowest BCUT2D eigenvalue weighted by molar-refractivity contribution is 0.220. The van der Waals surface area contributed by atoms with Crippen LogP contribution in [0.15, 0.2) is 16.9 Å². The van der Waals surface area contributed by atoms with Crippen LogP contribution in [0.3, 0.4) is 0 Å².